The SMILES string of the molecule is Cc1cc(Cl)ccc1N(CC(=O)Nc1ccc(OC(C)C)cc1)S(C)(=O)=O. The van der Waals surface area contributed by atoms with Crippen molar-refractivity contribution in [2.75, 3.05) is 22.4 Å². The lowest BCUT2D eigenvalue weighted by Crippen LogP contribution is -2.37. The van der Waals surface area contributed by atoms with E-state index in [0.717, 1.165) is 10.6 Å². The van der Waals surface area contributed by atoms with Gasteiger partial charge < -0.3 is 10.1 Å². The van der Waals surface area contributed by atoms with Crippen molar-refractivity contribution in [3.05, 3.63) is 53.1 Å². The number of ether oxygens (including phenoxy) is 1. The van der Waals surface area contributed by atoms with Crippen molar-refractivity contribution in [2.45, 2.75) is 26.9 Å². The average Bonchev–Trinajstić information content (AvgIpc) is 2.54. The zero-order valence-corrected chi connectivity index (χ0v) is 17.3. The van der Waals surface area contributed by atoms with Crippen LogP contribution in [0.15, 0.2) is 42.5 Å². The lowest BCUT2D eigenvalue weighted by Gasteiger charge is -2.23. The number of amides is 1. The van der Waals surface area contributed by atoms with Crippen LogP contribution in [0.3, 0.4) is 0 Å². The Morgan fingerprint density at radius 2 is 1.81 bits per heavy atom. The van der Waals surface area contributed by atoms with E-state index in [2.05, 4.69) is 5.32 Å². The highest BCUT2D eigenvalue weighted by molar-refractivity contribution is 7.92. The maximum absolute atomic E-state index is 12.4. The molecule has 1 N–H and O–H groups in total. The Labute approximate surface area is 165 Å². The van der Waals surface area contributed by atoms with E-state index in [1.54, 1.807) is 49.4 Å². The van der Waals surface area contributed by atoms with Gasteiger partial charge in [-0.3, -0.25) is 9.10 Å². The van der Waals surface area contributed by atoms with Crippen LogP contribution in [0, 0.1) is 6.92 Å². The molecule has 27 heavy (non-hydrogen) atoms. The molecule has 0 aliphatic rings. The van der Waals surface area contributed by atoms with Gasteiger partial charge in [-0.2, -0.15) is 0 Å². The number of hydrogen-bond acceptors (Lipinski definition) is 4. The number of anilines is 2. The molecule has 2 rings (SSSR count). The maximum Gasteiger partial charge on any atom is 0.245 e. The summed E-state index contributed by atoms with van der Waals surface area (Å²) < 4.78 is 31.0. The molecule has 0 aliphatic carbocycles. The third-order valence-corrected chi connectivity index (χ3v) is 4.99. The van der Waals surface area contributed by atoms with Crippen LogP contribution in [0.2, 0.25) is 5.02 Å². The summed E-state index contributed by atoms with van der Waals surface area (Å²) in [4.78, 5) is 12.4. The van der Waals surface area contributed by atoms with Crippen molar-refractivity contribution in [1.82, 2.24) is 0 Å². The first-order valence-electron chi connectivity index (χ1n) is 8.36. The highest BCUT2D eigenvalue weighted by Crippen LogP contribution is 2.25. The van der Waals surface area contributed by atoms with Crippen LogP contribution in [0.25, 0.3) is 0 Å². The first-order valence-corrected chi connectivity index (χ1v) is 10.6. The summed E-state index contributed by atoms with van der Waals surface area (Å²) in [6.07, 6.45) is 1.11. The topological polar surface area (TPSA) is 75.7 Å². The number of aryl methyl sites for hydroxylation is 1. The molecule has 0 heterocycles. The van der Waals surface area contributed by atoms with Crippen molar-refractivity contribution < 1.29 is 17.9 Å². The minimum Gasteiger partial charge on any atom is -0.491 e. The summed E-state index contributed by atoms with van der Waals surface area (Å²) in [7, 11) is -3.65. The second-order valence-corrected chi connectivity index (χ2v) is 8.78. The van der Waals surface area contributed by atoms with E-state index in [-0.39, 0.29) is 12.6 Å². The van der Waals surface area contributed by atoms with Gasteiger partial charge in [-0.25, -0.2) is 8.42 Å². The predicted molar refractivity (Wildman–Crippen MR) is 109 cm³/mol. The van der Waals surface area contributed by atoms with Crippen LogP contribution in [0.4, 0.5) is 11.4 Å². The van der Waals surface area contributed by atoms with E-state index < -0.39 is 15.9 Å². The van der Waals surface area contributed by atoms with Crippen LogP contribution in [-0.4, -0.2) is 33.2 Å². The highest BCUT2D eigenvalue weighted by atomic mass is 35.5. The van der Waals surface area contributed by atoms with Crippen molar-refractivity contribution in [3.8, 4) is 5.75 Å². The summed E-state index contributed by atoms with van der Waals surface area (Å²) >= 11 is 5.94. The van der Waals surface area contributed by atoms with Crippen molar-refractivity contribution in [2.24, 2.45) is 0 Å². The van der Waals surface area contributed by atoms with Gasteiger partial charge in [-0.1, -0.05) is 11.6 Å². The Bertz CT molecular complexity index is 912. The molecular formula is C19H23ClN2O4S. The molecule has 6 nitrogen and oxygen atoms in total. The highest BCUT2D eigenvalue weighted by Gasteiger charge is 2.22. The number of carbonyl (C=O) groups is 1. The molecule has 0 unspecified atom stereocenters. The molecule has 0 saturated heterocycles. The number of nitrogens with one attached hydrogen (secondary N) is 1. The Balaban J connectivity index is 2.15. The van der Waals surface area contributed by atoms with E-state index in [1.807, 2.05) is 13.8 Å². The first kappa shape index (κ1) is 21.1. The van der Waals surface area contributed by atoms with Crippen LogP contribution in [-0.2, 0) is 14.8 Å². The summed E-state index contributed by atoms with van der Waals surface area (Å²) in [6, 6.07) is 11.7. The van der Waals surface area contributed by atoms with E-state index in [9.17, 15) is 13.2 Å². The molecule has 1 amide bonds. The average molecular weight is 411 g/mol. The van der Waals surface area contributed by atoms with Crippen LogP contribution in [0.1, 0.15) is 19.4 Å². The summed E-state index contributed by atoms with van der Waals surface area (Å²) in [5.41, 5.74) is 1.63. The summed E-state index contributed by atoms with van der Waals surface area (Å²) in [5.74, 6) is 0.241. The summed E-state index contributed by atoms with van der Waals surface area (Å²) in [5, 5.41) is 3.20. The van der Waals surface area contributed by atoms with Gasteiger partial charge in [-0.05, 0) is 68.8 Å². The molecule has 0 aromatic heterocycles. The van der Waals surface area contributed by atoms with Crippen molar-refractivity contribution in [3.63, 3.8) is 0 Å². The zero-order valence-electron chi connectivity index (χ0n) is 15.7. The van der Waals surface area contributed by atoms with Gasteiger partial charge in [0.2, 0.25) is 15.9 Å². The first-order chi connectivity index (χ1) is 12.6. The predicted octanol–water partition coefficient (Wildman–Crippen LogP) is 3.84. The van der Waals surface area contributed by atoms with Gasteiger partial charge >= 0.3 is 0 Å². The maximum atomic E-state index is 12.4. The Kier molecular flexibility index (Phi) is 6.73. The lowest BCUT2D eigenvalue weighted by molar-refractivity contribution is -0.114. The molecule has 0 saturated carbocycles. The van der Waals surface area contributed by atoms with Crippen molar-refractivity contribution >= 4 is 38.9 Å². The Hall–Kier alpha value is -2.25. The zero-order chi connectivity index (χ0) is 20.2. The molecule has 0 aliphatic heterocycles. The third-order valence-electron chi connectivity index (χ3n) is 3.62. The van der Waals surface area contributed by atoms with Gasteiger partial charge in [-0.15, -0.1) is 0 Å². The number of rotatable bonds is 7. The minimum absolute atomic E-state index is 0.0522. The Morgan fingerprint density at radius 1 is 1.19 bits per heavy atom. The molecule has 8 heteroatoms. The smallest absolute Gasteiger partial charge is 0.245 e. The quantitative estimate of drug-likeness (QED) is 0.752. The second kappa shape index (κ2) is 8.63. The number of halogens is 1. The molecule has 0 radical (unpaired) electrons. The van der Waals surface area contributed by atoms with Crippen LogP contribution >= 0.6 is 11.6 Å². The van der Waals surface area contributed by atoms with Crippen LogP contribution in [0.5, 0.6) is 5.75 Å². The molecule has 2 aromatic carbocycles. The van der Waals surface area contributed by atoms with Gasteiger partial charge in [0.15, 0.2) is 0 Å². The Morgan fingerprint density at radius 3 is 2.33 bits per heavy atom. The summed E-state index contributed by atoms with van der Waals surface area (Å²) in [6.45, 7) is 5.25. The van der Waals surface area contributed by atoms with E-state index in [1.165, 1.54) is 0 Å². The number of carbonyl (C=O) groups excluding carboxylic acids is 1. The molecular weight excluding hydrogens is 388 g/mol. The molecule has 0 bridgehead atoms. The minimum atomic E-state index is -3.65. The van der Waals surface area contributed by atoms with Gasteiger partial charge in [0.1, 0.15) is 12.3 Å². The number of benzene rings is 2. The van der Waals surface area contributed by atoms with Gasteiger partial charge in [0.25, 0.3) is 0 Å². The standard InChI is InChI=1S/C19H23ClN2O4S/c1-13(2)26-17-8-6-16(7-9-17)21-19(23)12-22(27(4,24)25)18-10-5-15(20)11-14(18)3/h5-11,13H,12H2,1-4H3,(H,21,23). The van der Waals surface area contributed by atoms with Crippen molar-refractivity contribution in [1.29, 1.82) is 0 Å². The largest absolute Gasteiger partial charge is 0.491 e. The normalized spacial score (nSPS) is 11.3. The fraction of sp³-hybridized carbons (Fsp3) is 0.316. The third kappa shape index (κ3) is 6.15. The number of hydrogen-bond donors (Lipinski definition) is 1. The van der Waals surface area contributed by atoms with Gasteiger partial charge in [0, 0.05) is 10.7 Å². The van der Waals surface area contributed by atoms with E-state index in [4.69, 9.17) is 16.3 Å². The molecule has 0 atom stereocenters. The second-order valence-electron chi connectivity index (χ2n) is 6.44. The monoisotopic (exact) mass is 410 g/mol. The lowest BCUT2D eigenvalue weighted by atomic mass is 10.2. The number of sulfonamides is 1. The molecule has 0 fully saturated rings. The fourth-order valence-electron chi connectivity index (χ4n) is 2.50. The molecule has 0 spiro atoms. The number of nitrogens with zero attached hydrogens (tertiary/aromatic N) is 1. The molecule has 2 aromatic rings. The fourth-order valence-corrected chi connectivity index (χ4v) is 3.64. The van der Waals surface area contributed by atoms with Gasteiger partial charge in [0.05, 0.1) is 18.0 Å². The van der Waals surface area contributed by atoms with E-state index in [0.29, 0.717) is 27.7 Å². The van der Waals surface area contributed by atoms with Crippen LogP contribution < -0.4 is 14.4 Å². The molecule has 146 valence electrons. The van der Waals surface area contributed by atoms with E-state index >= 15 is 0 Å².